The molecule has 0 atom stereocenters. The predicted molar refractivity (Wildman–Crippen MR) is 144 cm³/mol. The number of benzene rings is 2. The Hall–Kier alpha value is -3.86. The number of hydrogen-bond acceptors (Lipinski definition) is 4. The third-order valence-electron chi connectivity index (χ3n) is 7.22. The zero-order valence-electron chi connectivity index (χ0n) is 20.6. The zero-order valence-corrected chi connectivity index (χ0v) is 20.6. The van der Waals surface area contributed by atoms with Gasteiger partial charge in [0.1, 0.15) is 5.69 Å². The van der Waals surface area contributed by atoms with Crippen LogP contribution in [0.3, 0.4) is 0 Å². The Morgan fingerprint density at radius 3 is 2.28 bits per heavy atom. The van der Waals surface area contributed by atoms with Crippen LogP contribution in [0.15, 0.2) is 60.2 Å². The van der Waals surface area contributed by atoms with E-state index in [9.17, 15) is 14.9 Å². The Morgan fingerprint density at radius 1 is 0.861 bits per heavy atom. The van der Waals surface area contributed by atoms with Crippen molar-refractivity contribution in [3.05, 3.63) is 109 Å². The highest BCUT2D eigenvalue weighted by atomic mass is 16.6. The third-order valence-corrected chi connectivity index (χ3v) is 7.22. The third kappa shape index (κ3) is 4.78. The van der Waals surface area contributed by atoms with Gasteiger partial charge in [-0.3, -0.25) is 14.9 Å². The molecule has 1 heterocycles. The maximum atomic E-state index is 13.7. The lowest BCUT2D eigenvalue weighted by atomic mass is 9.79. The summed E-state index contributed by atoms with van der Waals surface area (Å²) in [5.41, 5.74) is 9.33. The first-order valence-electron chi connectivity index (χ1n) is 12.9. The topological polar surface area (TPSA) is 73.1 Å². The maximum absolute atomic E-state index is 13.7. The van der Waals surface area contributed by atoms with Gasteiger partial charge in [0.05, 0.1) is 10.6 Å². The number of nitro benzene ring substituents is 1. The van der Waals surface area contributed by atoms with Crippen LogP contribution < -0.4 is 0 Å². The summed E-state index contributed by atoms with van der Waals surface area (Å²) in [5.74, 6) is -0.0141. The standard InChI is InChI=1S/C31H30N2O3/c1-2-3-11-26-27-12-7-10-23(19-21-8-5-4-6-9-21)29(27)32-30-28(26)18-15-24(31(30)34)20-22-13-16-25(17-14-22)33(35)36/h4-6,8-9,13-14,16-17,19-20H,2-3,7,10-12,15,18H2,1H3/b23-19+,24-20+. The summed E-state index contributed by atoms with van der Waals surface area (Å²) in [6.45, 7) is 2.21. The molecule has 36 heavy (non-hydrogen) atoms. The average molecular weight is 479 g/mol. The quantitative estimate of drug-likeness (QED) is 0.210. The molecule has 3 aromatic rings. The minimum Gasteiger partial charge on any atom is -0.287 e. The zero-order chi connectivity index (χ0) is 25.1. The molecule has 0 spiro atoms. The van der Waals surface area contributed by atoms with Gasteiger partial charge in [-0.2, -0.15) is 0 Å². The molecular weight excluding hydrogens is 448 g/mol. The van der Waals surface area contributed by atoms with Gasteiger partial charge in [0, 0.05) is 17.7 Å². The molecule has 0 radical (unpaired) electrons. The molecule has 0 saturated heterocycles. The van der Waals surface area contributed by atoms with Gasteiger partial charge < -0.3 is 0 Å². The number of aromatic nitrogens is 1. The van der Waals surface area contributed by atoms with E-state index >= 15 is 0 Å². The van der Waals surface area contributed by atoms with Crippen LogP contribution in [0.5, 0.6) is 0 Å². The Balaban J connectivity index is 1.58. The summed E-state index contributed by atoms with van der Waals surface area (Å²) in [4.78, 5) is 29.3. The Kier molecular flexibility index (Phi) is 6.90. The van der Waals surface area contributed by atoms with Crippen molar-refractivity contribution < 1.29 is 9.72 Å². The van der Waals surface area contributed by atoms with Gasteiger partial charge in [-0.1, -0.05) is 43.7 Å². The number of unbranched alkanes of at least 4 members (excludes halogenated alkanes) is 1. The molecule has 0 amide bonds. The lowest BCUT2D eigenvalue weighted by Crippen LogP contribution is -2.22. The minimum atomic E-state index is -0.412. The van der Waals surface area contributed by atoms with Crippen LogP contribution in [-0.2, 0) is 19.3 Å². The fourth-order valence-corrected chi connectivity index (χ4v) is 5.38. The first kappa shape index (κ1) is 23.9. The Labute approximate surface area is 211 Å². The van der Waals surface area contributed by atoms with E-state index in [0.717, 1.165) is 72.9 Å². The molecule has 2 aliphatic carbocycles. The van der Waals surface area contributed by atoms with E-state index in [2.05, 4.69) is 25.1 Å². The number of rotatable bonds is 6. The Bertz CT molecular complexity index is 1370. The van der Waals surface area contributed by atoms with Gasteiger partial charge in [-0.05, 0) is 103 Å². The van der Waals surface area contributed by atoms with Gasteiger partial charge >= 0.3 is 0 Å². The van der Waals surface area contributed by atoms with Crippen molar-refractivity contribution in [3.8, 4) is 0 Å². The van der Waals surface area contributed by atoms with Crippen LogP contribution in [0.2, 0.25) is 0 Å². The van der Waals surface area contributed by atoms with Crippen LogP contribution >= 0.6 is 0 Å². The summed E-state index contributed by atoms with van der Waals surface area (Å²) in [6.07, 6.45) is 11.8. The molecule has 0 bridgehead atoms. The highest BCUT2D eigenvalue weighted by molar-refractivity contribution is 6.12. The number of pyridine rings is 1. The second-order valence-electron chi connectivity index (χ2n) is 9.63. The van der Waals surface area contributed by atoms with Crippen molar-refractivity contribution in [2.75, 3.05) is 0 Å². The minimum absolute atomic E-state index is 0.0141. The number of carbonyl (C=O) groups excluding carboxylic acids is 1. The lowest BCUT2D eigenvalue weighted by Gasteiger charge is -2.28. The Morgan fingerprint density at radius 2 is 1.56 bits per heavy atom. The number of allylic oxidation sites excluding steroid dienone is 2. The van der Waals surface area contributed by atoms with Crippen LogP contribution in [0.25, 0.3) is 17.7 Å². The smallest absolute Gasteiger partial charge is 0.269 e. The van der Waals surface area contributed by atoms with Gasteiger partial charge in [-0.15, -0.1) is 0 Å². The van der Waals surface area contributed by atoms with Gasteiger partial charge in [0.15, 0.2) is 0 Å². The molecule has 2 aliphatic rings. The van der Waals surface area contributed by atoms with Crippen molar-refractivity contribution in [3.63, 3.8) is 0 Å². The number of nitrogens with zero attached hydrogens (tertiary/aromatic N) is 2. The second-order valence-corrected chi connectivity index (χ2v) is 9.63. The lowest BCUT2D eigenvalue weighted by molar-refractivity contribution is -0.384. The van der Waals surface area contributed by atoms with Crippen LogP contribution in [0.4, 0.5) is 5.69 Å². The highest BCUT2D eigenvalue weighted by Gasteiger charge is 2.30. The molecule has 0 fully saturated rings. The molecule has 5 nitrogen and oxygen atoms in total. The summed E-state index contributed by atoms with van der Waals surface area (Å²) in [7, 11) is 0. The molecule has 0 unspecified atom stereocenters. The molecule has 0 aliphatic heterocycles. The van der Waals surface area contributed by atoms with E-state index in [0.29, 0.717) is 12.1 Å². The van der Waals surface area contributed by atoms with Crippen LogP contribution in [-0.4, -0.2) is 15.7 Å². The predicted octanol–water partition coefficient (Wildman–Crippen LogP) is 7.42. The SMILES string of the molecule is CCCCc1c2c(nc3c1CCC/C3=C\c1ccccc1)C(=O)/C(=C/c1ccc([N+](=O)[O-])cc1)CC2. The summed E-state index contributed by atoms with van der Waals surface area (Å²) in [6, 6.07) is 16.7. The molecule has 1 aromatic heterocycles. The summed E-state index contributed by atoms with van der Waals surface area (Å²) >= 11 is 0. The van der Waals surface area contributed by atoms with Gasteiger partial charge in [-0.25, -0.2) is 4.98 Å². The first-order chi connectivity index (χ1) is 17.5. The molecule has 2 aromatic carbocycles. The van der Waals surface area contributed by atoms with E-state index in [1.54, 1.807) is 12.1 Å². The van der Waals surface area contributed by atoms with Gasteiger partial charge in [0.2, 0.25) is 5.78 Å². The molecule has 5 rings (SSSR count). The average Bonchev–Trinajstić information content (AvgIpc) is 2.90. The fourth-order valence-electron chi connectivity index (χ4n) is 5.38. The van der Waals surface area contributed by atoms with E-state index in [1.165, 1.54) is 28.8 Å². The molecule has 5 heteroatoms. The normalized spacial score (nSPS) is 17.2. The van der Waals surface area contributed by atoms with Crippen molar-refractivity contribution >= 4 is 29.2 Å². The molecule has 182 valence electrons. The monoisotopic (exact) mass is 478 g/mol. The van der Waals surface area contributed by atoms with E-state index in [1.807, 2.05) is 24.3 Å². The fraction of sp³-hybridized carbons (Fsp3) is 0.290. The number of hydrogen-bond donors (Lipinski definition) is 0. The number of ketones is 1. The number of carbonyl (C=O) groups is 1. The molecule has 0 saturated carbocycles. The summed E-state index contributed by atoms with van der Waals surface area (Å²) < 4.78 is 0. The van der Waals surface area contributed by atoms with Gasteiger partial charge in [0.25, 0.3) is 5.69 Å². The maximum Gasteiger partial charge on any atom is 0.269 e. The second kappa shape index (κ2) is 10.4. The number of fused-ring (bicyclic) bond motifs is 2. The van der Waals surface area contributed by atoms with E-state index < -0.39 is 4.92 Å². The van der Waals surface area contributed by atoms with Crippen molar-refractivity contribution in [2.45, 2.75) is 58.3 Å². The van der Waals surface area contributed by atoms with Crippen molar-refractivity contribution in [1.29, 1.82) is 0 Å². The number of nitro groups is 1. The summed E-state index contributed by atoms with van der Waals surface area (Å²) in [5, 5.41) is 11.0. The number of non-ortho nitro benzene ring substituents is 1. The largest absolute Gasteiger partial charge is 0.287 e. The van der Waals surface area contributed by atoms with E-state index in [-0.39, 0.29) is 11.5 Å². The highest BCUT2D eigenvalue weighted by Crippen LogP contribution is 2.39. The van der Waals surface area contributed by atoms with Crippen molar-refractivity contribution in [2.24, 2.45) is 0 Å². The molecular formula is C31H30N2O3. The first-order valence-corrected chi connectivity index (χ1v) is 12.9. The van der Waals surface area contributed by atoms with Crippen LogP contribution in [0.1, 0.15) is 83.0 Å². The van der Waals surface area contributed by atoms with Crippen molar-refractivity contribution in [1.82, 2.24) is 4.98 Å². The molecule has 0 N–H and O–H groups in total. The van der Waals surface area contributed by atoms with E-state index in [4.69, 9.17) is 4.98 Å². The van der Waals surface area contributed by atoms with Crippen LogP contribution in [0, 0.1) is 10.1 Å². The number of Topliss-reactive ketones (excluding diaryl/α,β-unsaturated/α-hetero) is 1.